The summed E-state index contributed by atoms with van der Waals surface area (Å²) in [6.07, 6.45) is 2.14. The molecule has 2 heterocycles. The first-order chi connectivity index (χ1) is 24.9. The number of amides is 2. The number of ether oxygens (including phenoxy) is 2. The number of aliphatic hydroxyl groups excluding tert-OH is 1. The van der Waals surface area contributed by atoms with Crippen molar-refractivity contribution in [1.29, 1.82) is 0 Å². The lowest BCUT2D eigenvalue weighted by Crippen LogP contribution is -2.38. The fraction of sp³-hybridized carbons (Fsp3) is 0.341. The van der Waals surface area contributed by atoms with Gasteiger partial charge in [0, 0.05) is 43.7 Å². The molecule has 0 radical (unpaired) electrons. The predicted molar refractivity (Wildman–Crippen MR) is 204 cm³/mol. The predicted octanol–water partition coefficient (Wildman–Crippen LogP) is 8.35. The number of aromatic nitrogens is 1. The second-order valence-electron chi connectivity index (χ2n) is 13.0. The zero-order chi connectivity index (χ0) is 35.6. The van der Waals surface area contributed by atoms with Gasteiger partial charge in [0.05, 0.1) is 29.0 Å². The third-order valence-corrected chi connectivity index (χ3v) is 11.4. The summed E-state index contributed by atoms with van der Waals surface area (Å²) in [5.41, 5.74) is 6.97. The second-order valence-corrected chi connectivity index (χ2v) is 15.3. The number of rotatable bonds is 15. The highest BCUT2D eigenvalue weighted by Gasteiger charge is 2.38. The zero-order valence-corrected chi connectivity index (χ0v) is 30.7. The first kappa shape index (κ1) is 36.7. The van der Waals surface area contributed by atoms with Crippen LogP contribution in [0.25, 0.3) is 21.3 Å². The Morgan fingerprint density at radius 3 is 2.41 bits per heavy atom. The van der Waals surface area contributed by atoms with Crippen LogP contribution in [0.4, 0.5) is 0 Å². The van der Waals surface area contributed by atoms with Crippen LogP contribution >= 0.6 is 23.1 Å². The van der Waals surface area contributed by atoms with Crippen molar-refractivity contribution in [3.05, 3.63) is 119 Å². The minimum Gasteiger partial charge on any atom is -0.392 e. The highest BCUT2D eigenvalue weighted by atomic mass is 32.2. The molecule has 8 nitrogen and oxygen atoms in total. The van der Waals surface area contributed by atoms with Gasteiger partial charge in [-0.2, -0.15) is 0 Å². The highest BCUT2D eigenvalue weighted by Crippen LogP contribution is 2.44. The fourth-order valence-corrected chi connectivity index (χ4v) is 8.50. The van der Waals surface area contributed by atoms with Gasteiger partial charge in [0.1, 0.15) is 0 Å². The van der Waals surface area contributed by atoms with E-state index in [1.54, 1.807) is 23.1 Å². The van der Waals surface area contributed by atoms with Gasteiger partial charge in [-0.15, -0.1) is 11.3 Å². The minimum atomic E-state index is -0.578. The number of hydrogen-bond donors (Lipinski definition) is 3. The summed E-state index contributed by atoms with van der Waals surface area (Å²) in [6.45, 7) is 4.79. The van der Waals surface area contributed by atoms with Crippen LogP contribution in [-0.4, -0.2) is 40.3 Å². The molecular formula is C41H45N3O5S2. The average Bonchev–Trinajstić information content (AvgIpc) is 3.58. The quantitative estimate of drug-likeness (QED) is 0.0736. The second kappa shape index (κ2) is 17.9. The number of aliphatic hydroxyl groups is 1. The van der Waals surface area contributed by atoms with Crippen molar-refractivity contribution in [3.63, 3.8) is 0 Å². The van der Waals surface area contributed by atoms with Crippen LogP contribution in [0.3, 0.4) is 0 Å². The maximum atomic E-state index is 12.5. The Balaban J connectivity index is 1.14. The number of fused-ring (bicyclic) bond motifs is 1. The molecule has 1 aromatic heterocycles. The number of para-hydroxylation sites is 1. The Morgan fingerprint density at radius 2 is 1.63 bits per heavy atom. The molecule has 0 saturated carbocycles. The lowest BCUT2D eigenvalue weighted by atomic mass is 9.91. The molecule has 2 amide bonds. The molecule has 0 aliphatic carbocycles. The van der Waals surface area contributed by atoms with Crippen LogP contribution in [0.5, 0.6) is 0 Å². The average molecular weight is 724 g/mol. The molecule has 51 heavy (non-hydrogen) atoms. The molecule has 10 heteroatoms. The van der Waals surface area contributed by atoms with E-state index in [0.29, 0.717) is 19.5 Å². The van der Waals surface area contributed by atoms with Gasteiger partial charge in [0.25, 0.3) is 0 Å². The normalized spacial score (nSPS) is 18.8. The Morgan fingerprint density at radius 1 is 0.843 bits per heavy atom. The van der Waals surface area contributed by atoms with E-state index in [0.717, 1.165) is 68.3 Å². The standard InChI is InChI=1S/C41H45N3O5S2/c1-27-36(26-50-41-44-35-14-5-6-15-37(35)51-41)48-40(49-39(27)31-19-17-29(25-45)18-20-31)34-13-9-12-33(23-34)32-11-8-10-30(22-32)24-43-38(47)16-4-3-7-21-42-28(2)46/h5-6,8-15,17-20,22-23,27,36,39-40,45H,3-4,7,16,21,24-26H2,1-2H3,(H,42,46)(H,43,47). The summed E-state index contributed by atoms with van der Waals surface area (Å²) in [4.78, 5) is 28.3. The van der Waals surface area contributed by atoms with E-state index in [-0.39, 0.29) is 36.5 Å². The number of thiazole rings is 1. The van der Waals surface area contributed by atoms with Gasteiger partial charge in [0.2, 0.25) is 11.8 Å². The van der Waals surface area contributed by atoms with Crippen LogP contribution in [0, 0.1) is 5.92 Å². The van der Waals surface area contributed by atoms with Gasteiger partial charge in [-0.1, -0.05) is 97.9 Å². The van der Waals surface area contributed by atoms with E-state index in [2.05, 4.69) is 47.9 Å². The van der Waals surface area contributed by atoms with E-state index in [9.17, 15) is 14.7 Å². The first-order valence-corrected chi connectivity index (χ1v) is 19.4. The van der Waals surface area contributed by atoms with Gasteiger partial charge >= 0.3 is 0 Å². The maximum absolute atomic E-state index is 12.5. The Labute approximate surface area is 308 Å². The molecule has 1 aliphatic heterocycles. The SMILES string of the molecule is CC(=O)NCCCCCC(=O)NCc1cccc(-c2cccc(C3OC(CSc4nc5ccccc5s4)C(C)C(c4ccc(CO)cc4)O3)c2)c1. The lowest BCUT2D eigenvalue weighted by molar-refractivity contribution is -0.268. The van der Waals surface area contributed by atoms with Crippen LogP contribution in [-0.2, 0) is 32.2 Å². The van der Waals surface area contributed by atoms with Crippen molar-refractivity contribution < 1.29 is 24.2 Å². The molecule has 0 bridgehead atoms. The van der Waals surface area contributed by atoms with E-state index < -0.39 is 6.29 Å². The summed E-state index contributed by atoms with van der Waals surface area (Å²) < 4.78 is 15.7. The summed E-state index contributed by atoms with van der Waals surface area (Å²) in [5.74, 6) is 0.805. The Hall–Kier alpha value is -4.06. The molecule has 1 fully saturated rings. The van der Waals surface area contributed by atoms with E-state index >= 15 is 0 Å². The van der Waals surface area contributed by atoms with Crippen molar-refractivity contribution in [2.45, 2.75) is 75.5 Å². The van der Waals surface area contributed by atoms with Crippen LogP contribution in [0.2, 0.25) is 0 Å². The molecule has 266 valence electrons. The van der Waals surface area contributed by atoms with Crippen molar-refractivity contribution in [2.75, 3.05) is 12.3 Å². The number of thioether (sulfide) groups is 1. The largest absolute Gasteiger partial charge is 0.392 e. The lowest BCUT2D eigenvalue weighted by Gasteiger charge is -2.41. The molecule has 1 saturated heterocycles. The van der Waals surface area contributed by atoms with Gasteiger partial charge in [-0.05, 0) is 64.9 Å². The first-order valence-electron chi connectivity index (χ1n) is 17.6. The molecule has 0 spiro atoms. The third kappa shape index (κ3) is 10.1. The summed E-state index contributed by atoms with van der Waals surface area (Å²) in [6, 6.07) is 32.7. The molecule has 1 aliphatic rings. The number of hydrogen-bond acceptors (Lipinski definition) is 8. The van der Waals surface area contributed by atoms with Crippen LogP contribution in [0.1, 0.15) is 74.2 Å². The zero-order valence-electron chi connectivity index (χ0n) is 29.0. The van der Waals surface area contributed by atoms with Crippen molar-refractivity contribution in [3.8, 4) is 11.1 Å². The summed E-state index contributed by atoms with van der Waals surface area (Å²) in [5, 5.41) is 15.5. The molecule has 4 unspecified atom stereocenters. The number of unbranched alkanes of at least 4 members (excludes halogenated alkanes) is 2. The molecule has 3 N–H and O–H groups in total. The van der Waals surface area contributed by atoms with Gasteiger partial charge in [0.15, 0.2) is 10.6 Å². The van der Waals surface area contributed by atoms with Gasteiger partial charge < -0.3 is 25.2 Å². The van der Waals surface area contributed by atoms with E-state index in [4.69, 9.17) is 14.5 Å². The smallest absolute Gasteiger partial charge is 0.220 e. The number of nitrogens with zero attached hydrogens (tertiary/aromatic N) is 1. The van der Waals surface area contributed by atoms with Crippen molar-refractivity contribution in [1.82, 2.24) is 15.6 Å². The minimum absolute atomic E-state index is 0.00296. The third-order valence-electron chi connectivity index (χ3n) is 9.13. The maximum Gasteiger partial charge on any atom is 0.220 e. The van der Waals surface area contributed by atoms with Crippen molar-refractivity contribution in [2.24, 2.45) is 5.92 Å². The molecule has 4 aromatic carbocycles. The molecular weight excluding hydrogens is 679 g/mol. The molecule has 6 rings (SSSR count). The van der Waals surface area contributed by atoms with E-state index in [1.807, 2.05) is 66.7 Å². The van der Waals surface area contributed by atoms with Crippen LogP contribution in [0.15, 0.2) is 101 Å². The number of carbonyl (C=O) groups excluding carboxylic acids is 2. The summed E-state index contributed by atoms with van der Waals surface area (Å²) >= 11 is 3.43. The molecule has 4 atom stereocenters. The fourth-order valence-electron chi connectivity index (χ4n) is 6.24. The highest BCUT2D eigenvalue weighted by molar-refractivity contribution is 8.01. The van der Waals surface area contributed by atoms with E-state index in [1.165, 1.54) is 11.6 Å². The number of nitrogens with one attached hydrogen (secondary N) is 2. The number of benzene rings is 4. The van der Waals surface area contributed by atoms with Gasteiger partial charge in [-0.25, -0.2) is 4.98 Å². The van der Waals surface area contributed by atoms with Gasteiger partial charge in [-0.3, -0.25) is 9.59 Å². The Kier molecular flexibility index (Phi) is 12.9. The summed E-state index contributed by atoms with van der Waals surface area (Å²) in [7, 11) is 0. The molecule has 5 aromatic rings. The number of carbonyl (C=O) groups is 2. The monoisotopic (exact) mass is 723 g/mol. The van der Waals surface area contributed by atoms with Crippen LogP contribution < -0.4 is 10.6 Å². The van der Waals surface area contributed by atoms with Crippen molar-refractivity contribution >= 4 is 45.1 Å². The topological polar surface area (TPSA) is 110 Å². The Bertz CT molecular complexity index is 1880.